The Labute approximate surface area is 490 Å². The van der Waals surface area contributed by atoms with E-state index in [1.165, 1.54) is 0 Å². The van der Waals surface area contributed by atoms with Gasteiger partial charge in [-0.15, -0.1) is 0 Å². The van der Waals surface area contributed by atoms with Crippen LogP contribution in [0, 0.1) is 0 Å². The van der Waals surface area contributed by atoms with Crippen LogP contribution in [0.2, 0.25) is 0 Å². The minimum absolute atomic E-state index is 0. The molecular weight excluding hydrogens is 1070 g/mol. The molecule has 4 aromatic carbocycles. The Kier molecular flexibility index (Phi) is 22.2. The van der Waals surface area contributed by atoms with E-state index < -0.39 is 0 Å². The third-order valence-corrected chi connectivity index (χ3v) is 14.2. The van der Waals surface area contributed by atoms with Crippen molar-refractivity contribution in [1.29, 1.82) is 0 Å². The van der Waals surface area contributed by atoms with Crippen LogP contribution in [-0.2, 0) is 19.5 Å². The van der Waals surface area contributed by atoms with E-state index in [4.69, 9.17) is 67.8 Å². The molecule has 5 heterocycles. The first kappa shape index (κ1) is 60.4. The van der Waals surface area contributed by atoms with Gasteiger partial charge in [-0.05, 0) is 99.9 Å². The fourth-order valence-corrected chi connectivity index (χ4v) is 9.64. The Morgan fingerprint density at radius 1 is 0.259 bits per heavy atom. The van der Waals surface area contributed by atoms with E-state index in [-0.39, 0.29) is 19.5 Å². The van der Waals surface area contributed by atoms with Gasteiger partial charge in [0, 0.05) is 19.5 Å². The number of nitrogens with zero attached hydrogens (tertiary/aromatic N) is 6. The quantitative estimate of drug-likeness (QED) is 0.0300. The third kappa shape index (κ3) is 13.6. The van der Waals surface area contributed by atoms with Crippen molar-refractivity contribution in [2.75, 3.05) is 52.9 Å². The summed E-state index contributed by atoms with van der Waals surface area (Å²) in [5.41, 5.74) is 4.45. The molecule has 0 saturated heterocycles. The van der Waals surface area contributed by atoms with Crippen LogP contribution in [0.4, 0.5) is 0 Å². The van der Waals surface area contributed by atoms with E-state index >= 15 is 0 Å². The molecule has 0 unspecified atom stereocenters. The van der Waals surface area contributed by atoms with Gasteiger partial charge in [-0.3, -0.25) is 0 Å². The fraction of sp³-hybridized carbons (Fsp3) is 0.500. The Hall–Kier alpha value is -6.74. The number of nitrogens with one attached hydrogen (secondary N) is 2. The maximum absolute atomic E-state index is 6.70. The van der Waals surface area contributed by atoms with Crippen molar-refractivity contribution in [3.05, 3.63) is 48.5 Å². The number of hydrogen-bond donors (Lipinski definition) is 2. The Balaban J connectivity index is 0.00000860. The smallest absolute Gasteiger partial charge is 0.168 e. The van der Waals surface area contributed by atoms with Crippen LogP contribution < -0.4 is 37.9 Å². The van der Waals surface area contributed by atoms with E-state index in [0.717, 1.165) is 103 Å². The molecule has 428 valence electrons. The monoisotopic (exact) mass is 1150 g/mol. The van der Waals surface area contributed by atoms with Crippen LogP contribution in [0.25, 0.3) is 89.7 Å². The van der Waals surface area contributed by atoms with E-state index in [2.05, 4.69) is 65.4 Å². The van der Waals surface area contributed by atoms with Crippen molar-refractivity contribution in [2.45, 2.75) is 158 Å². The standard InChI is InChI=1S/C64H82N8O8.Zn/c1-9-17-33-73-41-25-26-42(74-34-18-10-2)50-49(41)57-65-58(50)70-60-53-45(77-37-21-13-5)29-30-46(78-38-22-14-6)54(53)62(67-60)72-64-56-48(80-40-24-16-8)32-31-47(79-39-23-15-7)55(56)63(68-64)71-61-52-44(76-36-20-12-4)28-27-43(75-35-19-11-3)51(52)59(66-61)69-57;/h25-32H,9-24,33-40H2,1-8H3,(H2,65,66,67,68,69,70,71,72);. The molecule has 0 amide bonds. The largest absolute Gasteiger partial charge is 0.493 e. The summed E-state index contributed by atoms with van der Waals surface area (Å²) in [6.45, 7) is 21.2. The number of benzene rings is 4. The zero-order valence-corrected chi connectivity index (χ0v) is 52.2. The summed E-state index contributed by atoms with van der Waals surface area (Å²) in [7, 11) is 0. The topological polar surface area (TPSA) is 183 Å². The second-order valence-electron chi connectivity index (χ2n) is 20.5. The molecule has 2 aliphatic heterocycles. The van der Waals surface area contributed by atoms with Gasteiger partial charge in [0.2, 0.25) is 0 Å². The van der Waals surface area contributed by atoms with Gasteiger partial charge < -0.3 is 47.9 Å². The number of H-pyrrole nitrogens is 2. The van der Waals surface area contributed by atoms with Crippen molar-refractivity contribution in [2.24, 2.45) is 0 Å². The number of unbranched alkanes of at least 4 members (excludes halogenated alkanes) is 8. The average molecular weight is 1160 g/mol. The minimum atomic E-state index is 0. The molecule has 81 heavy (non-hydrogen) atoms. The van der Waals surface area contributed by atoms with Crippen molar-refractivity contribution in [3.8, 4) is 91.5 Å². The summed E-state index contributed by atoms with van der Waals surface area (Å²) in [5.74, 6) is 6.41. The van der Waals surface area contributed by atoms with Crippen LogP contribution >= 0.6 is 0 Å². The average Bonchev–Trinajstić information content (AvgIpc) is 4.36. The van der Waals surface area contributed by atoms with E-state index in [9.17, 15) is 0 Å². The third-order valence-electron chi connectivity index (χ3n) is 14.2. The number of fused-ring (bicyclic) bond motifs is 20. The first-order chi connectivity index (χ1) is 39.4. The molecule has 17 heteroatoms. The molecule has 7 aromatic rings. The van der Waals surface area contributed by atoms with Gasteiger partial charge in [0.1, 0.15) is 68.6 Å². The molecule has 3 aromatic heterocycles. The number of ether oxygens (including phenoxy) is 8. The van der Waals surface area contributed by atoms with Crippen molar-refractivity contribution >= 4 is 44.1 Å². The second-order valence-corrected chi connectivity index (χ2v) is 20.5. The summed E-state index contributed by atoms with van der Waals surface area (Å²) < 4.78 is 53.6. The molecule has 2 aliphatic rings. The van der Waals surface area contributed by atoms with Crippen LogP contribution in [0.3, 0.4) is 0 Å². The maximum atomic E-state index is 6.70. The molecule has 0 aliphatic carbocycles. The van der Waals surface area contributed by atoms with Crippen molar-refractivity contribution in [3.63, 3.8) is 0 Å². The molecule has 0 fully saturated rings. The van der Waals surface area contributed by atoms with E-state index in [1.54, 1.807) is 0 Å². The van der Waals surface area contributed by atoms with Gasteiger partial charge in [-0.25, -0.2) is 29.9 Å². The molecule has 0 saturated carbocycles. The van der Waals surface area contributed by atoms with Gasteiger partial charge in [0.05, 0.1) is 96.7 Å². The van der Waals surface area contributed by atoms with Gasteiger partial charge in [-0.2, -0.15) is 0 Å². The number of rotatable bonds is 32. The van der Waals surface area contributed by atoms with Crippen molar-refractivity contribution < 1.29 is 57.4 Å². The van der Waals surface area contributed by atoms with Gasteiger partial charge in [-0.1, -0.05) is 107 Å². The van der Waals surface area contributed by atoms with E-state index in [0.29, 0.717) is 189 Å². The number of aromatic amines is 2. The zero-order chi connectivity index (χ0) is 55.8. The van der Waals surface area contributed by atoms with Gasteiger partial charge >= 0.3 is 0 Å². The first-order valence-corrected chi connectivity index (χ1v) is 29.9. The van der Waals surface area contributed by atoms with Crippen molar-refractivity contribution in [1.82, 2.24) is 39.9 Å². The summed E-state index contributed by atoms with van der Waals surface area (Å²) in [6.07, 6.45) is 14.5. The molecule has 0 spiro atoms. The molecule has 9 rings (SSSR count). The Morgan fingerprint density at radius 2 is 0.432 bits per heavy atom. The zero-order valence-electron chi connectivity index (χ0n) is 49.2. The Morgan fingerprint density at radius 3 is 0.617 bits per heavy atom. The van der Waals surface area contributed by atoms with E-state index in [1.807, 2.05) is 48.5 Å². The van der Waals surface area contributed by atoms with Crippen LogP contribution in [-0.4, -0.2) is 92.7 Å². The fourth-order valence-electron chi connectivity index (χ4n) is 9.64. The molecule has 8 bridgehead atoms. The SMILES string of the molecule is CCCCOc1ccc(OCCCC)c2c1-c1nc-2nc2[nH]c(nc3nc(nc4[nH]c(n1)c1c(OCCCC)ccc(OCCCC)c41)-c1c(OCCCC)ccc(OCCCC)c1-3)c1c(OCCCC)ccc(OCCCC)c21.[Zn]. The number of hydrogen-bond acceptors (Lipinski definition) is 14. The van der Waals surface area contributed by atoms with Gasteiger partial charge in [0.25, 0.3) is 0 Å². The predicted octanol–water partition coefficient (Wildman–Crippen LogP) is 16.3. The maximum Gasteiger partial charge on any atom is 0.168 e. The van der Waals surface area contributed by atoms with Gasteiger partial charge in [0.15, 0.2) is 23.3 Å². The second kappa shape index (κ2) is 29.8. The predicted molar refractivity (Wildman–Crippen MR) is 319 cm³/mol. The summed E-state index contributed by atoms with van der Waals surface area (Å²) >= 11 is 0. The minimum Gasteiger partial charge on any atom is -0.493 e. The first-order valence-electron chi connectivity index (χ1n) is 29.9. The summed E-state index contributed by atoms with van der Waals surface area (Å²) in [5, 5.41) is 2.74. The molecule has 16 nitrogen and oxygen atoms in total. The Bertz CT molecular complexity index is 2970. The summed E-state index contributed by atoms with van der Waals surface area (Å²) in [4.78, 5) is 40.4. The molecular formula is C64H82N8O8Zn. The van der Waals surface area contributed by atoms with Crippen LogP contribution in [0.15, 0.2) is 48.5 Å². The normalized spacial score (nSPS) is 11.6. The molecule has 0 radical (unpaired) electrons. The molecule has 0 atom stereocenters. The number of aromatic nitrogens is 8. The van der Waals surface area contributed by atoms with Crippen LogP contribution in [0.1, 0.15) is 158 Å². The van der Waals surface area contributed by atoms with Crippen LogP contribution in [0.5, 0.6) is 46.0 Å². The summed E-state index contributed by atoms with van der Waals surface area (Å²) in [6, 6.07) is 15.7. The molecule has 2 N–H and O–H groups in total.